The maximum Gasteiger partial charge on any atom is 0.330 e. The quantitative estimate of drug-likeness (QED) is 0.0628. The highest BCUT2D eigenvalue weighted by Crippen LogP contribution is 2.59. The summed E-state index contributed by atoms with van der Waals surface area (Å²) in [7, 11) is 0.975. The maximum atomic E-state index is 13.4. The van der Waals surface area contributed by atoms with Crippen LogP contribution >= 0.6 is 8.53 Å². The molecule has 0 spiro atoms. The molecule has 1 N–H and O–H groups in total. The van der Waals surface area contributed by atoms with Crippen molar-refractivity contribution in [3.8, 4) is 11.5 Å². The number of H-pyrrole nitrogens is 1. The Labute approximate surface area is 375 Å². The fourth-order valence-electron chi connectivity index (χ4n) is 9.74. The third-order valence-electron chi connectivity index (χ3n) is 13.1. The number of fused-ring (bicyclic) bond motifs is 1. The van der Waals surface area contributed by atoms with E-state index in [0.717, 1.165) is 42.1 Å². The summed E-state index contributed by atoms with van der Waals surface area (Å²) in [4.78, 5) is 28.1. The van der Waals surface area contributed by atoms with Crippen molar-refractivity contribution in [3.05, 3.63) is 189 Å². The van der Waals surface area contributed by atoms with E-state index in [2.05, 4.69) is 76.9 Å². The van der Waals surface area contributed by atoms with Gasteiger partial charge in [-0.3, -0.25) is 14.3 Å². The van der Waals surface area contributed by atoms with Gasteiger partial charge in [-0.2, -0.15) is 0 Å². The summed E-state index contributed by atoms with van der Waals surface area (Å²) in [5.74, 6) is 1.41. The second-order valence-corrected chi connectivity index (χ2v) is 22.3. The van der Waals surface area contributed by atoms with Gasteiger partial charge in [-0.15, -0.1) is 0 Å². The molecule has 9 rings (SSSR count). The molecule has 6 aromatic rings. The summed E-state index contributed by atoms with van der Waals surface area (Å²) in [5, 5.41) is 2.72. The van der Waals surface area contributed by atoms with E-state index in [-0.39, 0.29) is 18.8 Å². The van der Waals surface area contributed by atoms with E-state index >= 15 is 0 Å². The number of hydrogen-bond donors (Lipinski definition) is 1. The van der Waals surface area contributed by atoms with Gasteiger partial charge in [0.1, 0.15) is 43.5 Å². The molecular formula is C50H54N3O9PSi. The summed E-state index contributed by atoms with van der Waals surface area (Å²) in [6.07, 6.45) is 0.115. The topological polar surface area (TPSA) is 123 Å². The molecule has 3 saturated heterocycles. The molecule has 64 heavy (non-hydrogen) atoms. The van der Waals surface area contributed by atoms with Crippen molar-refractivity contribution < 1.29 is 32.7 Å². The smallest absolute Gasteiger partial charge is 0.330 e. The lowest BCUT2D eigenvalue weighted by Gasteiger charge is -2.37. The Morgan fingerprint density at radius 3 is 1.83 bits per heavy atom. The largest absolute Gasteiger partial charge is 0.497 e. The Morgan fingerprint density at radius 2 is 1.28 bits per heavy atom. The summed E-state index contributed by atoms with van der Waals surface area (Å²) in [6, 6.07) is 49.8. The SMILES string of the molecule is COc1ccc(C(OC[C@H]2O[C@@H](n3ccc(=O)[nH]c3=O)[C@H](OC)[C@@H]2O[P@@]2O[C@@H](C[Si](C)(c3ccccc3)c3ccccc3)[C@H]3CCCN32)(c2ccccc2)c2ccc(OC)cc2)cc1. The molecule has 0 unspecified atom stereocenters. The van der Waals surface area contributed by atoms with Crippen LogP contribution < -0.4 is 31.1 Å². The Hall–Kier alpha value is -5.21. The minimum Gasteiger partial charge on any atom is -0.497 e. The molecule has 332 valence electrons. The van der Waals surface area contributed by atoms with Crippen molar-refractivity contribution in [2.45, 2.75) is 67.7 Å². The molecule has 3 aliphatic rings. The third kappa shape index (κ3) is 8.43. The fraction of sp³-hybridized carbons (Fsp3) is 0.320. The molecule has 0 aliphatic carbocycles. The van der Waals surface area contributed by atoms with Gasteiger partial charge in [0.2, 0.25) is 0 Å². The van der Waals surface area contributed by atoms with Crippen molar-refractivity contribution in [1.29, 1.82) is 0 Å². The standard InChI is InChI=1S/C50H54N3O9PSi/c1-56-38-26-22-36(23-27-38)50(35-15-8-5-9-16-35,37-24-28-39(57-2)29-25-37)59-33-43-46(47(58-3)48(60-43)52-32-30-45(54)51-49(52)55)62-63-53-31-14-21-42(53)44(61-63)34-64(4,40-17-10-6-11-18-40)41-19-12-7-13-20-41/h5-13,15-20,22-30,32,42-44,46-48H,14,21,31,33-34H2,1-4H3,(H,51,54,55)/t42-,43-,44+,46-,47-,48-,63-/m1/s1. The highest BCUT2D eigenvalue weighted by molar-refractivity contribution is 7.45. The van der Waals surface area contributed by atoms with Crippen LogP contribution in [-0.4, -0.2) is 87.2 Å². The van der Waals surface area contributed by atoms with Gasteiger partial charge in [-0.1, -0.05) is 132 Å². The van der Waals surface area contributed by atoms with Crippen molar-refractivity contribution >= 4 is 27.0 Å². The van der Waals surface area contributed by atoms with Gasteiger partial charge in [0.25, 0.3) is 14.1 Å². The molecule has 1 aromatic heterocycles. The van der Waals surface area contributed by atoms with E-state index in [1.807, 2.05) is 78.9 Å². The molecule has 5 aromatic carbocycles. The molecule has 0 radical (unpaired) electrons. The lowest BCUT2D eigenvalue weighted by atomic mass is 9.80. The molecule has 7 atom stereocenters. The van der Waals surface area contributed by atoms with Crippen LogP contribution in [0.15, 0.2) is 161 Å². The third-order valence-corrected chi connectivity index (χ3v) is 19.3. The molecule has 14 heteroatoms. The highest BCUT2D eigenvalue weighted by Gasteiger charge is 2.55. The number of rotatable bonds is 16. The number of methoxy groups -OCH3 is 3. The van der Waals surface area contributed by atoms with Gasteiger partial charge in [-0.25, -0.2) is 9.46 Å². The highest BCUT2D eigenvalue weighted by atomic mass is 31.2. The Bertz CT molecular complexity index is 2500. The van der Waals surface area contributed by atoms with Crippen molar-refractivity contribution in [2.75, 3.05) is 34.5 Å². The van der Waals surface area contributed by atoms with E-state index in [1.165, 1.54) is 27.2 Å². The van der Waals surface area contributed by atoms with E-state index in [9.17, 15) is 9.59 Å². The monoisotopic (exact) mass is 899 g/mol. The average molecular weight is 900 g/mol. The molecule has 3 fully saturated rings. The normalized spacial score (nSPS) is 23.5. The number of nitrogens with one attached hydrogen (secondary N) is 1. The van der Waals surface area contributed by atoms with Crippen LogP contribution in [0.5, 0.6) is 11.5 Å². The zero-order valence-corrected chi connectivity index (χ0v) is 38.3. The van der Waals surface area contributed by atoms with Crippen LogP contribution in [0, 0.1) is 0 Å². The second-order valence-electron chi connectivity index (χ2n) is 16.7. The number of aromatic amines is 1. The van der Waals surface area contributed by atoms with Gasteiger partial charge in [0.05, 0.1) is 26.9 Å². The lowest BCUT2D eigenvalue weighted by molar-refractivity contribution is -0.0955. The first-order chi connectivity index (χ1) is 31.2. The minimum absolute atomic E-state index is 0.00904. The molecule has 0 saturated carbocycles. The van der Waals surface area contributed by atoms with Crippen LogP contribution in [0.1, 0.15) is 35.8 Å². The van der Waals surface area contributed by atoms with E-state index < -0.39 is 58.0 Å². The molecule has 0 amide bonds. The van der Waals surface area contributed by atoms with E-state index in [1.54, 1.807) is 21.3 Å². The first kappa shape index (κ1) is 44.0. The molecule has 3 aliphatic heterocycles. The van der Waals surface area contributed by atoms with Crippen molar-refractivity contribution in [3.63, 3.8) is 0 Å². The summed E-state index contributed by atoms with van der Waals surface area (Å²) >= 11 is 0. The van der Waals surface area contributed by atoms with Gasteiger partial charge in [0.15, 0.2) is 6.23 Å². The van der Waals surface area contributed by atoms with Crippen LogP contribution in [0.25, 0.3) is 0 Å². The number of nitrogens with zero attached hydrogens (tertiary/aromatic N) is 2. The van der Waals surface area contributed by atoms with Crippen molar-refractivity contribution in [1.82, 2.24) is 14.2 Å². The minimum atomic E-state index is -2.29. The molecule has 0 bridgehead atoms. The summed E-state index contributed by atoms with van der Waals surface area (Å²) < 4.78 is 49.8. The van der Waals surface area contributed by atoms with Crippen LogP contribution in [-0.2, 0) is 28.9 Å². The maximum absolute atomic E-state index is 13.4. The molecule has 4 heterocycles. The predicted molar refractivity (Wildman–Crippen MR) is 249 cm³/mol. The second kappa shape index (κ2) is 19.1. The Kier molecular flexibility index (Phi) is 13.1. The number of aromatic nitrogens is 2. The summed E-state index contributed by atoms with van der Waals surface area (Å²) in [6.45, 7) is 3.29. The van der Waals surface area contributed by atoms with Gasteiger partial charge in [-0.05, 0) is 59.8 Å². The number of ether oxygens (including phenoxy) is 5. The van der Waals surface area contributed by atoms with E-state index in [0.29, 0.717) is 11.5 Å². The van der Waals surface area contributed by atoms with Gasteiger partial charge < -0.3 is 32.7 Å². The number of hydrogen-bond acceptors (Lipinski definition) is 10. The van der Waals surface area contributed by atoms with Gasteiger partial charge in [0, 0.05) is 32.0 Å². The zero-order valence-electron chi connectivity index (χ0n) is 36.4. The van der Waals surface area contributed by atoms with Crippen LogP contribution in [0.3, 0.4) is 0 Å². The molecular weight excluding hydrogens is 846 g/mol. The zero-order chi connectivity index (χ0) is 44.3. The van der Waals surface area contributed by atoms with Crippen LogP contribution in [0.4, 0.5) is 0 Å². The first-order valence-corrected chi connectivity index (χ1v) is 25.6. The molecule has 12 nitrogen and oxygen atoms in total. The average Bonchev–Trinajstić information content (AvgIpc) is 4.05. The van der Waals surface area contributed by atoms with E-state index in [4.69, 9.17) is 32.7 Å². The van der Waals surface area contributed by atoms with Gasteiger partial charge >= 0.3 is 5.69 Å². The Morgan fingerprint density at radius 1 is 0.719 bits per heavy atom. The fourth-order valence-corrected chi connectivity index (χ4v) is 15.7. The first-order valence-electron chi connectivity index (χ1n) is 21.8. The Balaban J connectivity index is 1.09. The lowest BCUT2D eigenvalue weighted by Crippen LogP contribution is -2.58. The van der Waals surface area contributed by atoms with Crippen LogP contribution in [0.2, 0.25) is 12.6 Å². The predicted octanol–water partition coefficient (Wildman–Crippen LogP) is 6.84. The summed E-state index contributed by atoms with van der Waals surface area (Å²) in [5.41, 5.74) is 0.298. The van der Waals surface area contributed by atoms with Crippen molar-refractivity contribution in [2.24, 2.45) is 0 Å². The number of benzene rings is 5.